The maximum Gasteiger partial charge on any atom is 0.419 e. The summed E-state index contributed by atoms with van der Waals surface area (Å²) in [6.07, 6.45) is 0.310. The summed E-state index contributed by atoms with van der Waals surface area (Å²) in [7, 11) is 0. The van der Waals surface area contributed by atoms with Gasteiger partial charge in [0.05, 0.1) is 6.61 Å². The van der Waals surface area contributed by atoms with Crippen molar-refractivity contribution in [3.05, 3.63) is 54.6 Å². The molecule has 0 saturated heterocycles. The summed E-state index contributed by atoms with van der Waals surface area (Å²) in [5.41, 5.74) is 1.24. The molecule has 0 aliphatic heterocycles. The summed E-state index contributed by atoms with van der Waals surface area (Å²) in [5.74, 6) is 0.754. The van der Waals surface area contributed by atoms with E-state index in [0.29, 0.717) is 30.3 Å². The highest BCUT2D eigenvalue weighted by Gasteiger charge is 2.17. The van der Waals surface area contributed by atoms with Gasteiger partial charge < -0.3 is 9.47 Å². The van der Waals surface area contributed by atoms with Crippen LogP contribution in [0.1, 0.15) is 19.8 Å². The van der Waals surface area contributed by atoms with Crippen molar-refractivity contribution >= 4 is 35.2 Å². The van der Waals surface area contributed by atoms with Crippen LogP contribution in [0.15, 0.2) is 54.6 Å². The number of benzene rings is 2. The fourth-order valence-electron chi connectivity index (χ4n) is 2.32. The summed E-state index contributed by atoms with van der Waals surface area (Å²) in [5, 5.41) is 2.59. The van der Waals surface area contributed by atoms with Crippen molar-refractivity contribution in [2.24, 2.45) is 0 Å². The van der Waals surface area contributed by atoms with E-state index in [4.69, 9.17) is 21.1 Å². The minimum absolute atomic E-state index is 0.243. The first-order valence-electron chi connectivity index (χ1n) is 8.78. The Morgan fingerprint density at radius 1 is 1.11 bits per heavy atom. The minimum Gasteiger partial charge on any atom is -0.449 e. The van der Waals surface area contributed by atoms with E-state index in [9.17, 15) is 9.59 Å². The monoisotopic (exact) mass is 390 g/mol. The molecule has 1 N–H and O–H groups in total. The average Bonchev–Trinajstić information content (AvgIpc) is 2.67. The van der Waals surface area contributed by atoms with Crippen LogP contribution in [0.25, 0.3) is 0 Å². The van der Waals surface area contributed by atoms with Gasteiger partial charge in [-0.2, -0.15) is 0 Å². The van der Waals surface area contributed by atoms with Gasteiger partial charge in [0.15, 0.2) is 0 Å². The Bertz CT molecular complexity index is 740. The Morgan fingerprint density at radius 3 is 2.59 bits per heavy atom. The second-order valence-corrected chi connectivity index (χ2v) is 6.06. The summed E-state index contributed by atoms with van der Waals surface area (Å²) >= 11 is 5.54. The molecule has 0 heterocycles. The Labute approximate surface area is 164 Å². The van der Waals surface area contributed by atoms with Crippen molar-refractivity contribution < 1.29 is 19.1 Å². The topological polar surface area (TPSA) is 67.9 Å². The van der Waals surface area contributed by atoms with E-state index in [-0.39, 0.29) is 6.61 Å². The Morgan fingerprint density at radius 2 is 1.89 bits per heavy atom. The molecule has 0 atom stereocenters. The molecule has 144 valence electrons. The SMILES string of the molecule is CCCN(C(=O)Oc1cccc(NC(=O)OCCCCl)c1)c1ccccc1. The number of nitrogens with one attached hydrogen (secondary N) is 1. The largest absolute Gasteiger partial charge is 0.449 e. The van der Waals surface area contributed by atoms with Crippen molar-refractivity contribution in [3.8, 4) is 5.75 Å². The predicted molar refractivity (Wildman–Crippen MR) is 107 cm³/mol. The first kappa shape index (κ1) is 20.6. The molecule has 0 fully saturated rings. The average molecular weight is 391 g/mol. The van der Waals surface area contributed by atoms with Gasteiger partial charge in [0, 0.05) is 29.9 Å². The summed E-state index contributed by atoms with van der Waals surface area (Å²) in [4.78, 5) is 25.9. The van der Waals surface area contributed by atoms with Crippen LogP contribution in [-0.4, -0.2) is 31.2 Å². The lowest BCUT2D eigenvalue weighted by Crippen LogP contribution is -2.34. The van der Waals surface area contributed by atoms with Gasteiger partial charge in [0.2, 0.25) is 0 Å². The van der Waals surface area contributed by atoms with Crippen LogP contribution in [0.3, 0.4) is 0 Å². The number of halogens is 1. The van der Waals surface area contributed by atoms with Crippen LogP contribution in [-0.2, 0) is 4.74 Å². The van der Waals surface area contributed by atoms with Crippen molar-refractivity contribution in [1.29, 1.82) is 0 Å². The van der Waals surface area contributed by atoms with E-state index in [2.05, 4.69) is 5.32 Å². The number of amides is 2. The lowest BCUT2D eigenvalue weighted by Gasteiger charge is -2.21. The van der Waals surface area contributed by atoms with Gasteiger partial charge in [-0.3, -0.25) is 10.2 Å². The van der Waals surface area contributed by atoms with Crippen LogP contribution >= 0.6 is 11.6 Å². The van der Waals surface area contributed by atoms with Crippen LogP contribution in [0.2, 0.25) is 0 Å². The second-order valence-electron chi connectivity index (χ2n) is 5.69. The van der Waals surface area contributed by atoms with E-state index >= 15 is 0 Å². The minimum atomic E-state index is -0.583. The standard InChI is InChI=1S/C20H23ClN2O4/c1-2-13-23(17-9-4-3-5-10-17)20(25)27-18-11-6-8-16(15-18)22-19(24)26-14-7-12-21/h3-6,8-11,15H,2,7,12-14H2,1H3,(H,22,24). The Hall–Kier alpha value is -2.73. The zero-order chi connectivity index (χ0) is 19.5. The fourth-order valence-corrected chi connectivity index (χ4v) is 2.43. The third kappa shape index (κ3) is 6.83. The molecule has 6 nitrogen and oxygen atoms in total. The molecular weight excluding hydrogens is 368 g/mol. The maximum atomic E-state index is 12.6. The molecule has 2 rings (SSSR count). The van der Waals surface area contributed by atoms with E-state index in [1.54, 1.807) is 29.2 Å². The van der Waals surface area contributed by atoms with Crippen molar-refractivity contribution in [3.63, 3.8) is 0 Å². The molecule has 2 aromatic rings. The number of carbonyl (C=O) groups excluding carboxylic acids is 2. The van der Waals surface area contributed by atoms with Crippen LogP contribution in [0.4, 0.5) is 21.0 Å². The van der Waals surface area contributed by atoms with E-state index in [1.807, 2.05) is 37.3 Å². The number of hydrogen-bond donors (Lipinski definition) is 1. The number of para-hydroxylation sites is 1. The van der Waals surface area contributed by atoms with E-state index in [0.717, 1.165) is 12.1 Å². The fraction of sp³-hybridized carbons (Fsp3) is 0.300. The highest BCUT2D eigenvalue weighted by atomic mass is 35.5. The van der Waals surface area contributed by atoms with Gasteiger partial charge in [-0.15, -0.1) is 11.6 Å². The molecule has 0 saturated carbocycles. The first-order chi connectivity index (χ1) is 13.1. The molecule has 0 aromatic heterocycles. The summed E-state index contributed by atoms with van der Waals surface area (Å²) in [6.45, 7) is 2.77. The van der Waals surface area contributed by atoms with Gasteiger partial charge in [-0.1, -0.05) is 31.2 Å². The lowest BCUT2D eigenvalue weighted by molar-refractivity contribution is 0.162. The number of carbonyl (C=O) groups is 2. The summed E-state index contributed by atoms with van der Waals surface area (Å²) in [6, 6.07) is 15.9. The van der Waals surface area contributed by atoms with E-state index in [1.165, 1.54) is 0 Å². The van der Waals surface area contributed by atoms with Gasteiger partial charge in [-0.25, -0.2) is 9.59 Å². The van der Waals surface area contributed by atoms with Crippen LogP contribution in [0, 0.1) is 0 Å². The third-order valence-electron chi connectivity index (χ3n) is 3.53. The number of ether oxygens (including phenoxy) is 2. The molecule has 0 radical (unpaired) electrons. The zero-order valence-corrected chi connectivity index (χ0v) is 15.9. The molecular formula is C20H23ClN2O4. The molecule has 0 bridgehead atoms. The molecule has 0 spiro atoms. The number of alkyl halides is 1. The molecule has 2 amide bonds. The van der Waals surface area contributed by atoms with Gasteiger partial charge >= 0.3 is 12.2 Å². The van der Waals surface area contributed by atoms with Crippen molar-refractivity contribution in [2.75, 3.05) is 29.2 Å². The second kappa shape index (κ2) is 11.1. The smallest absolute Gasteiger partial charge is 0.419 e. The van der Waals surface area contributed by atoms with Gasteiger partial charge in [0.1, 0.15) is 5.75 Å². The van der Waals surface area contributed by atoms with Crippen LogP contribution in [0.5, 0.6) is 5.75 Å². The molecule has 0 aliphatic carbocycles. The lowest BCUT2D eigenvalue weighted by atomic mass is 10.3. The van der Waals surface area contributed by atoms with E-state index < -0.39 is 12.2 Å². The highest BCUT2D eigenvalue weighted by Crippen LogP contribution is 2.21. The van der Waals surface area contributed by atoms with Crippen LogP contribution < -0.4 is 15.0 Å². The quantitative estimate of drug-likeness (QED) is 0.492. The van der Waals surface area contributed by atoms with Crippen molar-refractivity contribution in [1.82, 2.24) is 0 Å². The van der Waals surface area contributed by atoms with Gasteiger partial charge in [-0.05, 0) is 37.1 Å². The molecule has 7 heteroatoms. The molecule has 27 heavy (non-hydrogen) atoms. The number of anilines is 2. The summed E-state index contributed by atoms with van der Waals surface area (Å²) < 4.78 is 10.5. The Balaban J connectivity index is 2.01. The molecule has 0 unspecified atom stereocenters. The third-order valence-corrected chi connectivity index (χ3v) is 3.80. The normalized spacial score (nSPS) is 10.1. The zero-order valence-electron chi connectivity index (χ0n) is 15.2. The van der Waals surface area contributed by atoms with Gasteiger partial charge in [0.25, 0.3) is 0 Å². The number of rotatable bonds is 8. The number of hydrogen-bond acceptors (Lipinski definition) is 4. The first-order valence-corrected chi connectivity index (χ1v) is 9.31. The maximum absolute atomic E-state index is 12.6. The van der Waals surface area contributed by atoms with Crippen molar-refractivity contribution in [2.45, 2.75) is 19.8 Å². The predicted octanol–water partition coefficient (Wildman–Crippen LogP) is 5.28. The highest BCUT2D eigenvalue weighted by molar-refractivity contribution is 6.17. The molecule has 2 aromatic carbocycles. The number of nitrogens with zero attached hydrogens (tertiary/aromatic N) is 1. The Kier molecular flexibility index (Phi) is 8.45. The molecule has 0 aliphatic rings.